The number of esters is 1. The summed E-state index contributed by atoms with van der Waals surface area (Å²) in [7, 11) is 1.35. The lowest BCUT2D eigenvalue weighted by Gasteiger charge is -2.08. The molecule has 1 heterocycles. The Kier molecular flexibility index (Phi) is 9.44. The smallest absolute Gasteiger partial charge is 0.330 e. The van der Waals surface area contributed by atoms with Crippen LogP contribution in [0.15, 0.2) is 72.8 Å². The average molecular weight is 524 g/mol. The van der Waals surface area contributed by atoms with Gasteiger partial charge in [0.05, 0.1) is 12.8 Å². The zero-order valence-corrected chi connectivity index (χ0v) is 21.1. The molecule has 0 bridgehead atoms. The Hall–Kier alpha value is -4.07. The largest absolute Gasteiger partial charge is 0.466 e. The summed E-state index contributed by atoms with van der Waals surface area (Å²) in [5.74, 6) is -0.356. The lowest BCUT2D eigenvalue weighted by atomic mass is 9.97. The number of hydrogen-bond acceptors (Lipinski definition) is 4. The van der Waals surface area contributed by atoms with E-state index in [9.17, 15) is 4.79 Å². The first kappa shape index (κ1) is 28.2. The van der Waals surface area contributed by atoms with Crippen molar-refractivity contribution >= 4 is 59.4 Å². The van der Waals surface area contributed by atoms with E-state index in [1.165, 1.54) is 13.2 Å². The summed E-state index contributed by atoms with van der Waals surface area (Å²) >= 11 is 0. The Morgan fingerprint density at radius 1 is 0.917 bits per heavy atom. The van der Waals surface area contributed by atoms with E-state index in [0.717, 1.165) is 38.9 Å². The molecule has 9 heteroatoms. The molecule has 7 nitrogen and oxygen atoms in total. The number of halogens is 2. The van der Waals surface area contributed by atoms with E-state index in [1.54, 1.807) is 6.08 Å². The Bertz CT molecular complexity index is 1430. The standard InChI is InChI=1S/C27H25N5O2.2ClH/c1-34-24(33)13-6-16-2-4-17(5-3-16)14-22-21-12-11-20(27(30)31)15-23(21)32-25(22)18-7-9-19(10-8-18)26(28)29;;/h2-13,15,32H,14H2,1H3,(H3,28,29)(H3,30,31);2*1H/b13-6+;;. The second-order valence-electron chi connectivity index (χ2n) is 7.92. The quantitative estimate of drug-likeness (QED) is 0.100. The summed E-state index contributed by atoms with van der Waals surface area (Å²) in [4.78, 5) is 14.8. The van der Waals surface area contributed by atoms with E-state index in [1.807, 2.05) is 66.7 Å². The molecule has 0 radical (unpaired) electrons. The predicted molar refractivity (Wildman–Crippen MR) is 151 cm³/mol. The van der Waals surface area contributed by atoms with Crippen LogP contribution in [0.3, 0.4) is 0 Å². The number of ether oxygens (including phenoxy) is 1. The summed E-state index contributed by atoms with van der Waals surface area (Å²) in [6.07, 6.45) is 3.78. The number of methoxy groups -OCH3 is 1. The molecule has 7 N–H and O–H groups in total. The van der Waals surface area contributed by atoms with Crippen LogP contribution in [0.4, 0.5) is 0 Å². The maximum Gasteiger partial charge on any atom is 0.330 e. The molecule has 0 spiro atoms. The van der Waals surface area contributed by atoms with Gasteiger partial charge in [0.25, 0.3) is 0 Å². The van der Waals surface area contributed by atoms with Gasteiger partial charge in [0.15, 0.2) is 0 Å². The molecular weight excluding hydrogens is 497 g/mol. The lowest BCUT2D eigenvalue weighted by Crippen LogP contribution is -2.10. The van der Waals surface area contributed by atoms with E-state index >= 15 is 0 Å². The number of nitrogens with two attached hydrogens (primary N) is 2. The van der Waals surface area contributed by atoms with Crippen LogP contribution in [-0.4, -0.2) is 29.7 Å². The Morgan fingerprint density at radius 3 is 2.11 bits per heavy atom. The van der Waals surface area contributed by atoms with E-state index < -0.39 is 5.97 Å². The molecule has 0 fully saturated rings. The summed E-state index contributed by atoms with van der Waals surface area (Å²) in [6.45, 7) is 0. The third kappa shape index (κ3) is 6.13. The fourth-order valence-corrected chi connectivity index (χ4v) is 3.85. The maximum atomic E-state index is 11.3. The highest BCUT2D eigenvalue weighted by Gasteiger charge is 2.15. The van der Waals surface area contributed by atoms with E-state index in [-0.39, 0.29) is 36.5 Å². The Morgan fingerprint density at radius 2 is 1.53 bits per heavy atom. The molecule has 0 unspecified atom stereocenters. The van der Waals surface area contributed by atoms with Gasteiger partial charge in [-0.1, -0.05) is 60.7 Å². The molecule has 186 valence electrons. The predicted octanol–water partition coefficient (Wildman–Crippen LogP) is 5.02. The maximum absolute atomic E-state index is 11.3. The molecule has 0 saturated heterocycles. The third-order valence-electron chi connectivity index (χ3n) is 5.68. The number of fused-ring (bicyclic) bond motifs is 1. The first-order chi connectivity index (χ1) is 16.4. The average Bonchev–Trinajstić information content (AvgIpc) is 3.20. The van der Waals surface area contributed by atoms with Gasteiger partial charge >= 0.3 is 5.97 Å². The normalized spacial score (nSPS) is 10.5. The summed E-state index contributed by atoms with van der Waals surface area (Å²) in [5.41, 5.74) is 18.6. The highest BCUT2D eigenvalue weighted by Crippen LogP contribution is 2.33. The number of carbonyl (C=O) groups excluding carboxylic acids is 1. The molecule has 0 saturated carbocycles. The zero-order chi connectivity index (χ0) is 24.2. The van der Waals surface area contributed by atoms with Gasteiger partial charge in [-0.25, -0.2) is 4.79 Å². The van der Waals surface area contributed by atoms with Crippen molar-refractivity contribution in [1.82, 2.24) is 4.98 Å². The number of carbonyl (C=O) groups is 1. The number of nitrogens with one attached hydrogen (secondary N) is 3. The van der Waals surface area contributed by atoms with Crippen molar-refractivity contribution in [3.05, 3.63) is 101 Å². The molecule has 0 aliphatic heterocycles. The third-order valence-corrected chi connectivity index (χ3v) is 5.68. The molecule has 4 aromatic rings. The minimum Gasteiger partial charge on any atom is -0.466 e. The van der Waals surface area contributed by atoms with Crippen molar-refractivity contribution in [2.75, 3.05) is 7.11 Å². The first-order valence-electron chi connectivity index (χ1n) is 10.6. The van der Waals surface area contributed by atoms with Crippen LogP contribution in [0, 0.1) is 10.8 Å². The molecule has 0 aliphatic rings. The minimum absolute atomic E-state index is 0. The molecular formula is C27H27Cl2N5O2. The summed E-state index contributed by atoms with van der Waals surface area (Å²) < 4.78 is 4.64. The van der Waals surface area contributed by atoms with E-state index in [4.69, 9.17) is 22.3 Å². The minimum atomic E-state index is -0.395. The number of nitrogen functional groups attached to an aromatic ring is 2. The van der Waals surface area contributed by atoms with Gasteiger partial charge in [0.1, 0.15) is 11.7 Å². The molecule has 0 aliphatic carbocycles. The fraction of sp³-hybridized carbons (Fsp3) is 0.0741. The molecule has 4 rings (SSSR count). The molecule has 36 heavy (non-hydrogen) atoms. The van der Waals surface area contributed by atoms with Gasteiger partial charge in [0.2, 0.25) is 0 Å². The highest BCUT2D eigenvalue weighted by atomic mass is 35.5. The van der Waals surface area contributed by atoms with Crippen LogP contribution < -0.4 is 11.5 Å². The second kappa shape index (κ2) is 12.1. The van der Waals surface area contributed by atoms with Crippen LogP contribution in [0.2, 0.25) is 0 Å². The lowest BCUT2D eigenvalue weighted by molar-refractivity contribution is -0.134. The van der Waals surface area contributed by atoms with Crippen LogP contribution in [-0.2, 0) is 16.0 Å². The number of H-pyrrole nitrogens is 1. The first-order valence-corrected chi connectivity index (χ1v) is 10.6. The number of hydrogen-bond donors (Lipinski definition) is 5. The molecule has 1 aromatic heterocycles. The van der Waals surface area contributed by atoms with Crippen molar-refractivity contribution in [3.8, 4) is 11.3 Å². The van der Waals surface area contributed by atoms with Crippen molar-refractivity contribution in [2.45, 2.75) is 6.42 Å². The van der Waals surface area contributed by atoms with Crippen molar-refractivity contribution in [1.29, 1.82) is 10.8 Å². The zero-order valence-electron chi connectivity index (χ0n) is 19.5. The second-order valence-corrected chi connectivity index (χ2v) is 7.92. The number of aromatic nitrogens is 1. The SMILES string of the molecule is COC(=O)/C=C/c1ccc(Cc2c(-c3ccc(C(=N)N)cc3)[nH]c3cc(C(=N)N)ccc23)cc1.Cl.Cl. The monoisotopic (exact) mass is 523 g/mol. The van der Waals surface area contributed by atoms with Gasteiger partial charge < -0.3 is 21.2 Å². The Labute approximate surface area is 221 Å². The van der Waals surface area contributed by atoms with Crippen molar-refractivity contribution in [3.63, 3.8) is 0 Å². The number of amidine groups is 2. The van der Waals surface area contributed by atoms with Crippen LogP contribution in [0.1, 0.15) is 27.8 Å². The van der Waals surface area contributed by atoms with E-state index in [2.05, 4.69) is 9.72 Å². The molecule has 0 amide bonds. The topological polar surface area (TPSA) is 142 Å². The van der Waals surface area contributed by atoms with Gasteiger partial charge in [0, 0.05) is 34.5 Å². The van der Waals surface area contributed by atoms with Crippen LogP contribution >= 0.6 is 24.8 Å². The Balaban J connectivity index is 0.00000228. The van der Waals surface area contributed by atoms with Crippen LogP contribution in [0.5, 0.6) is 0 Å². The van der Waals surface area contributed by atoms with Crippen molar-refractivity contribution < 1.29 is 9.53 Å². The highest BCUT2D eigenvalue weighted by molar-refractivity contribution is 6.01. The van der Waals surface area contributed by atoms with Gasteiger partial charge in [-0.3, -0.25) is 10.8 Å². The summed E-state index contributed by atoms with van der Waals surface area (Å²) in [6, 6.07) is 21.2. The molecule has 3 aromatic carbocycles. The van der Waals surface area contributed by atoms with Gasteiger partial charge in [-0.2, -0.15) is 0 Å². The fourth-order valence-electron chi connectivity index (χ4n) is 3.85. The number of aromatic amines is 1. The van der Waals surface area contributed by atoms with Gasteiger partial charge in [-0.15, -0.1) is 24.8 Å². The number of rotatable bonds is 7. The van der Waals surface area contributed by atoms with Gasteiger partial charge in [-0.05, 0) is 34.4 Å². The number of benzene rings is 3. The summed E-state index contributed by atoms with van der Waals surface area (Å²) in [5, 5.41) is 16.5. The van der Waals surface area contributed by atoms with Crippen molar-refractivity contribution in [2.24, 2.45) is 11.5 Å². The molecule has 0 atom stereocenters. The van der Waals surface area contributed by atoms with E-state index in [0.29, 0.717) is 17.5 Å². The van der Waals surface area contributed by atoms with Crippen LogP contribution in [0.25, 0.3) is 28.2 Å².